The molecule has 1 unspecified atom stereocenters. The summed E-state index contributed by atoms with van der Waals surface area (Å²) in [6, 6.07) is 15.8. The van der Waals surface area contributed by atoms with E-state index >= 15 is 0 Å². The van der Waals surface area contributed by atoms with Crippen molar-refractivity contribution in [2.24, 2.45) is 0 Å². The zero-order valence-electron chi connectivity index (χ0n) is 19.4. The normalized spacial score (nSPS) is 16.5. The molecule has 1 aliphatic rings. The quantitative estimate of drug-likeness (QED) is 0.454. The molecule has 1 aromatic heterocycles. The van der Waals surface area contributed by atoms with Crippen molar-refractivity contribution in [1.29, 1.82) is 0 Å². The molecule has 0 aliphatic carbocycles. The number of hydrogen-bond acceptors (Lipinski definition) is 4. The van der Waals surface area contributed by atoms with Crippen molar-refractivity contribution in [1.82, 2.24) is 14.5 Å². The van der Waals surface area contributed by atoms with E-state index < -0.39 is 10.0 Å². The Balaban J connectivity index is 1.39. The van der Waals surface area contributed by atoms with Crippen molar-refractivity contribution in [3.8, 4) is 5.69 Å². The lowest BCUT2D eigenvalue weighted by Gasteiger charge is -2.21. The minimum atomic E-state index is -3.63. The maximum atomic E-state index is 13.3. The van der Waals surface area contributed by atoms with Crippen LogP contribution in [-0.4, -0.2) is 37.3 Å². The van der Waals surface area contributed by atoms with Gasteiger partial charge in [0, 0.05) is 30.2 Å². The fraction of sp³-hybridized carbons (Fsp3) is 0.269. The maximum Gasteiger partial charge on any atom is 0.241 e. The fourth-order valence-corrected chi connectivity index (χ4v) is 6.76. The number of nitrogens with one attached hydrogen (secondary N) is 1. The Bertz CT molecular complexity index is 1460. The molecule has 0 radical (unpaired) electrons. The summed E-state index contributed by atoms with van der Waals surface area (Å²) in [5, 5.41) is 5.50. The van der Waals surface area contributed by atoms with Gasteiger partial charge in [-0.2, -0.15) is 5.10 Å². The highest BCUT2D eigenvalue weighted by Crippen LogP contribution is 2.31. The van der Waals surface area contributed by atoms with Crippen LogP contribution in [0.4, 0.5) is 10.1 Å². The number of rotatable bonds is 5. The van der Waals surface area contributed by atoms with E-state index in [1.807, 2.05) is 57.3 Å². The van der Waals surface area contributed by atoms with Gasteiger partial charge in [0.25, 0.3) is 0 Å². The third kappa shape index (κ3) is 4.08. The Morgan fingerprint density at radius 2 is 1.74 bits per heavy atom. The van der Waals surface area contributed by atoms with Crippen LogP contribution >= 0.6 is 0 Å². The smallest absolute Gasteiger partial charge is 0.241 e. The van der Waals surface area contributed by atoms with E-state index in [0.29, 0.717) is 17.9 Å². The van der Waals surface area contributed by atoms with Crippen LogP contribution in [0.2, 0.25) is 0 Å². The number of nitrogens with zero attached hydrogens (tertiary/aromatic N) is 3. The Kier molecular flexibility index (Phi) is 5.65. The lowest BCUT2D eigenvalue weighted by Crippen LogP contribution is -2.37. The first-order valence-electron chi connectivity index (χ1n) is 11.3. The molecule has 1 fully saturated rings. The van der Waals surface area contributed by atoms with E-state index in [4.69, 9.17) is 0 Å². The summed E-state index contributed by atoms with van der Waals surface area (Å²) in [7, 11) is -3.63. The highest BCUT2D eigenvalue weighted by molar-refractivity contribution is 7.89. The van der Waals surface area contributed by atoms with E-state index in [0.717, 1.165) is 45.5 Å². The predicted octanol–water partition coefficient (Wildman–Crippen LogP) is 4.65. The number of fused-ring (bicyclic) bond motifs is 1. The second-order valence-corrected chi connectivity index (χ2v) is 10.7. The van der Waals surface area contributed by atoms with Crippen molar-refractivity contribution >= 4 is 26.6 Å². The number of sulfonamides is 1. The van der Waals surface area contributed by atoms with E-state index in [-0.39, 0.29) is 11.9 Å². The van der Waals surface area contributed by atoms with Crippen molar-refractivity contribution in [3.05, 3.63) is 83.3 Å². The first-order valence-corrected chi connectivity index (χ1v) is 12.8. The van der Waals surface area contributed by atoms with E-state index in [1.165, 1.54) is 12.1 Å². The Hall–Kier alpha value is -3.23. The molecule has 0 bridgehead atoms. The van der Waals surface area contributed by atoms with Crippen molar-refractivity contribution < 1.29 is 12.8 Å². The van der Waals surface area contributed by atoms with Crippen molar-refractivity contribution in [2.45, 2.75) is 38.1 Å². The number of halogens is 1. The molecule has 0 saturated carbocycles. The zero-order valence-corrected chi connectivity index (χ0v) is 20.2. The van der Waals surface area contributed by atoms with Gasteiger partial charge in [0.2, 0.25) is 10.0 Å². The average Bonchev–Trinajstić information content (AvgIpc) is 3.40. The van der Waals surface area contributed by atoms with Crippen molar-refractivity contribution in [3.63, 3.8) is 0 Å². The SMILES string of the molecule is Cc1cc(C)c(S(=O)(=O)NC2CCN(c3cccc4c3cnn4-c3ccc(F)cc3)C2)c(C)c1. The van der Waals surface area contributed by atoms with Gasteiger partial charge in [-0.3, -0.25) is 0 Å². The summed E-state index contributed by atoms with van der Waals surface area (Å²) in [6.07, 6.45) is 2.52. The van der Waals surface area contributed by atoms with Gasteiger partial charge in [0.1, 0.15) is 5.82 Å². The lowest BCUT2D eigenvalue weighted by molar-refractivity contribution is 0.560. The summed E-state index contributed by atoms with van der Waals surface area (Å²) in [4.78, 5) is 2.57. The van der Waals surface area contributed by atoms with E-state index in [1.54, 1.807) is 16.8 Å². The van der Waals surface area contributed by atoms with Gasteiger partial charge in [0.15, 0.2) is 0 Å². The molecule has 2 heterocycles. The minimum Gasteiger partial charge on any atom is -0.369 e. The number of aryl methyl sites for hydroxylation is 3. The number of anilines is 1. The fourth-order valence-electron chi connectivity index (χ4n) is 5.04. The van der Waals surface area contributed by atoms with Gasteiger partial charge >= 0.3 is 0 Å². The zero-order chi connectivity index (χ0) is 24.0. The van der Waals surface area contributed by atoms with Crippen LogP contribution in [0.15, 0.2) is 65.7 Å². The second kappa shape index (κ2) is 8.52. The standard InChI is InChI=1S/C26H27FN4O2S/c1-17-13-18(2)26(19(3)14-17)34(32,33)29-21-11-12-30(16-21)24-5-4-6-25-23(24)15-28-31(25)22-9-7-20(27)8-10-22/h4-10,13-15,21,29H,11-12,16H2,1-3H3. The molecule has 0 spiro atoms. The molecule has 176 valence electrons. The van der Waals surface area contributed by atoms with E-state index in [2.05, 4.69) is 14.7 Å². The van der Waals surface area contributed by atoms with Crippen LogP contribution in [0.3, 0.4) is 0 Å². The molecule has 34 heavy (non-hydrogen) atoms. The molecule has 1 saturated heterocycles. The Morgan fingerprint density at radius 3 is 2.44 bits per heavy atom. The number of benzene rings is 3. The van der Waals surface area contributed by atoms with Crippen LogP contribution in [0, 0.1) is 26.6 Å². The molecule has 6 nitrogen and oxygen atoms in total. The first kappa shape index (κ1) is 22.6. The highest BCUT2D eigenvalue weighted by Gasteiger charge is 2.30. The molecule has 3 aromatic carbocycles. The number of hydrogen-bond donors (Lipinski definition) is 1. The third-order valence-electron chi connectivity index (χ3n) is 6.39. The van der Waals surface area contributed by atoms with Crippen LogP contribution in [-0.2, 0) is 10.0 Å². The van der Waals surface area contributed by atoms with Crippen LogP contribution in [0.25, 0.3) is 16.6 Å². The predicted molar refractivity (Wildman–Crippen MR) is 133 cm³/mol. The van der Waals surface area contributed by atoms with Gasteiger partial charge < -0.3 is 4.90 Å². The van der Waals surface area contributed by atoms with Crippen LogP contribution in [0.5, 0.6) is 0 Å². The molecule has 5 rings (SSSR count). The molecule has 1 N–H and O–H groups in total. The second-order valence-electron chi connectivity index (χ2n) is 9.02. The highest BCUT2D eigenvalue weighted by atomic mass is 32.2. The summed E-state index contributed by atoms with van der Waals surface area (Å²) >= 11 is 0. The molecule has 1 aliphatic heterocycles. The van der Waals surface area contributed by atoms with Crippen LogP contribution < -0.4 is 9.62 Å². The molecular weight excluding hydrogens is 451 g/mol. The monoisotopic (exact) mass is 478 g/mol. The summed E-state index contributed by atoms with van der Waals surface area (Å²) in [5.74, 6) is -0.289. The first-order chi connectivity index (χ1) is 16.2. The lowest BCUT2D eigenvalue weighted by atomic mass is 10.1. The molecule has 0 amide bonds. The van der Waals surface area contributed by atoms with Gasteiger partial charge in [-0.1, -0.05) is 23.8 Å². The van der Waals surface area contributed by atoms with Gasteiger partial charge in [0.05, 0.1) is 22.3 Å². The molecule has 8 heteroatoms. The third-order valence-corrected chi connectivity index (χ3v) is 8.21. The molecular formula is C26H27FN4O2S. The summed E-state index contributed by atoms with van der Waals surface area (Å²) in [5.41, 5.74) is 5.28. The summed E-state index contributed by atoms with van der Waals surface area (Å²) < 4.78 is 44.5. The van der Waals surface area contributed by atoms with Gasteiger partial charge in [-0.15, -0.1) is 0 Å². The summed E-state index contributed by atoms with van der Waals surface area (Å²) in [6.45, 7) is 6.96. The maximum absolute atomic E-state index is 13.3. The molecule has 1 atom stereocenters. The van der Waals surface area contributed by atoms with Crippen LogP contribution in [0.1, 0.15) is 23.1 Å². The van der Waals surface area contributed by atoms with Gasteiger partial charge in [-0.05, 0) is 74.7 Å². The number of aromatic nitrogens is 2. The van der Waals surface area contributed by atoms with Crippen molar-refractivity contribution in [2.75, 3.05) is 18.0 Å². The Labute approximate surface area is 199 Å². The molecule has 4 aromatic rings. The van der Waals surface area contributed by atoms with E-state index in [9.17, 15) is 12.8 Å². The largest absolute Gasteiger partial charge is 0.369 e. The topological polar surface area (TPSA) is 67.2 Å². The Morgan fingerprint density at radius 1 is 1.03 bits per heavy atom. The van der Waals surface area contributed by atoms with Gasteiger partial charge in [-0.25, -0.2) is 22.2 Å². The minimum absolute atomic E-state index is 0.187. The average molecular weight is 479 g/mol.